The first kappa shape index (κ1) is 11.7. The number of imidazole rings is 1. The molecule has 2 N–H and O–H groups in total. The number of nitrogens with two attached hydrogens (primary N) is 1. The molecule has 0 amide bonds. The second kappa shape index (κ2) is 5.01. The maximum atomic E-state index is 5.60. The van der Waals surface area contributed by atoms with Gasteiger partial charge in [-0.3, -0.25) is 0 Å². The molecule has 4 nitrogen and oxygen atoms in total. The maximum Gasteiger partial charge on any atom is 0.115 e. The van der Waals surface area contributed by atoms with E-state index in [2.05, 4.69) is 9.98 Å². The summed E-state index contributed by atoms with van der Waals surface area (Å²) in [5.41, 5.74) is 7.39. The molecule has 1 aromatic heterocycles. The van der Waals surface area contributed by atoms with Crippen molar-refractivity contribution in [3.8, 4) is 5.69 Å². The van der Waals surface area contributed by atoms with Crippen molar-refractivity contribution in [1.82, 2.24) is 9.55 Å². The number of aromatic nitrogens is 2. The van der Waals surface area contributed by atoms with Crippen LogP contribution in [-0.2, 0) is 0 Å². The number of nitrogens with zero attached hydrogens (tertiary/aromatic N) is 3. The summed E-state index contributed by atoms with van der Waals surface area (Å²) in [6.07, 6.45) is 3.67. The predicted molar refractivity (Wildman–Crippen MR) is 70.3 cm³/mol. The van der Waals surface area contributed by atoms with Crippen molar-refractivity contribution < 1.29 is 0 Å². The third kappa shape index (κ3) is 2.65. The molecule has 0 spiro atoms. The van der Waals surface area contributed by atoms with Crippen molar-refractivity contribution in [2.24, 2.45) is 10.7 Å². The first-order valence-electron chi connectivity index (χ1n) is 5.20. The van der Waals surface area contributed by atoms with Crippen LogP contribution in [0.25, 0.3) is 5.69 Å². The minimum absolute atomic E-state index is 0.230. The predicted octanol–water partition coefficient (Wildman–Crippen LogP) is 2.41. The number of amidine groups is 1. The fourth-order valence-corrected chi connectivity index (χ4v) is 1.62. The van der Waals surface area contributed by atoms with E-state index in [0.717, 1.165) is 17.2 Å². The number of halogens is 1. The molecule has 0 aliphatic rings. The highest BCUT2D eigenvalue weighted by atomic mass is 35.5. The van der Waals surface area contributed by atoms with E-state index in [-0.39, 0.29) is 5.88 Å². The average Bonchev–Trinajstić information content (AvgIpc) is 2.75. The zero-order chi connectivity index (χ0) is 12.3. The molecule has 0 bridgehead atoms. The molecule has 17 heavy (non-hydrogen) atoms. The molecule has 0 unspecified atom stereocenters. The Morgan fingerprint density at radius 3 is 3.00 bits per heavy atom. The number of benzene rings is 1. The fourth-order valence-electron chi connectivity index (χ4n) is 1.56. The van der Waals surface area contributed by atoms with E-state index < -0.39 is 0 Å². The summed E-state index contributed by atoms with van der Waals surface area (Å²) in [5.74, 6) is 1.57. The molecular weight excluding hydrogens is 236 g/mol. The molecule has 0 atom stereocenters. The molecule has 1 aromatic carbocycles. The van der Waals surface area contributed by atoms with Crippen molar-refractivity contribution in [2.75, 3.05) is 5.88 Å². The summed E-state index contributed by atoms with van der Waals surface area (Å²) in [6.45, 7) is 1.95. The van der Waals surface area contributed by atoms with Gasteiger partial charge in [-0.2, -0.15) is 0 Å². The van der Waals surface area contributed by atoms with Crippen molar-refractivity contribution in [2.45, 2.75) is 6.92 Å². The lowest BCUT2D eigenvalue weighted by molar-refractivity contribution is 0.975. The fraction of sp³-hybridized carbons (Fsp3) is 0.167. The highest BCUT2D eigenvalue weighted by Gasteiger charge is 2.01. The second-order valence-corrected chi connectivity index (χ2v) is 3.87. The van der Waals surface area contributed by atoms with Gasteiger partial charge in [0.05, 0.1) is 11.6 Å². The Morgan fingerprint density at radius 2 is 2.35 bits per heavy atom. The number of aryl methyl sites for hydroxylation is 1. The molecule has 0 aliphatic heterocycles. The van der Waals surface area contributed by atoms with Crippen LogP contribution in [-0.4, -0.2) is 21.3 Å². The van der Waals surface area contributed by atoms with Gasteiger partial charge in [0.1, 0.15) is 11.7 Å². The zero-order valence-electron chi connectivity index (χ0n) is 9.47. The summed E-state index contributed by atoms with van der Waals surface area (Å²) in [5, 5.41) is 0. The van der Waals surface area contributed by atoms with Gasteiger partial charge in [0.15, 0.2) is 0 Å². The third-order valence-corrected chi connectivity index (χ3v) is 2.62. The highest BCUT2D eigenvalue weighted by Crippen LogP contribution is 2.18. The molecule has 0 saturated heterocycles. The minimum atomic E-state index is 0.230. The Balaban J connectivity index is 2.39. The van der Waals surface area contributed by atoms with Gasteiger partial charge in [0.25, 0.3) is 0 Å². The molecule has 5 heteroatoms. The smallest absolute Gasteiger partial charge is 0.115 e. The van der Waals surface area contributed by atoms with Crippen molar-refractivity contribution in [3.63, 3.8) is 0 Å². The quantitative estimate of drug-likeness (QED) is 0.515. The van der Waals surface area contributed by atoms with Gasteiger partial charge in [-0.1, -0.05) is 6.07 Å². The summed E-state index contributed by atoms with van der Waals surface area (Å²) in [6, 6.07) is 7.74. The lowest BCUT2D eigenvalue weighted by atomic mass is 10.2. The summed E-state index contributed by atoms with van der Waals surface area (Å²) < 4.78 is 1.98. The van der Waals surface area contributed by atoms with Crippen LogP contribution < -0.4 is 5.73 Å². The first-order chi connectivity index (χ1) is 8.20. The number of alkyl halides is 1. The van der Waals surface area contributed by atoms with E-state index in [9.17, 15) is 0 Å². The van der Waals surface area contributed by atoms with Gasteiger partial charge in [-0.25, -0.2) is 9.98 Å². The Morgan fingerprint density at radius 1 is 1.53 bits per heavy atom. The van der Waals surface area contributed by atoms with Gasteiger partial charge in [-0.15, -0.1) is 11.6 Å². The molecule has 0 aliphatic carbocycles. The number of hydrogen-bond donors (Lipinski definition) is 1. The lowest BCUT2D eigenvalue weighted by Gasteiger charge is -2.05. The standard InChI is InChI=1S/C12H13ClN4/c1-9-15-5-6-17(9)11-4-2-3-10(7-11)16-12(14)8-13/h2-7H,8H2,1H3,(H2,14,16). The normalized spacial score (nSPS) is 11.8. The van der Waals surface area contributed by atoms with Gasteiger partial charge in [0.2, 0.25) is 0 Å². The third-order valence-electron chi connectivity index (χ3n) is 2.34. The van der Waals surface area contributed by atoms with E-state index in [1.54, 1.807) is 6.20 Å². The van der Waals surface area contributed by atoms with Crippen LogP contribution in [0.2, 0.25) is 0 Å². The molecule has 0 fully saturated rings. The first-order valence-corrected chi connectivity index (χ1v) is 5.73. The van der Waals surface area contributed by atoms with Gasteiger partial charge in [0, 0.05) is 18.1 Å². The molecule has 1 heterocycles. The zero-order valence-corrected chi connectivity index (χ0v) is 10.2. The van der Waals surface area contributed by atoms with Crippen molar-refractivity contribution in [3.05, 3.63) is 42.5 Å². The lowest BCUT2D eigenvalue weighted by Crippen LogP contribution is -2.12. The van der Waals surface area contributed by atoms with Crippen LogP contribution in [0.4, 0.5) is 5.69 Å². The van der Waals surface area contributed by atoms with E-state index in [1.807, 2.05) is 42.0 Å². The second-order valence-electron chi connectivity index (χ2n) is 3.60. The monoisotopic (exact) mass is 248 g/mol. The summed E-state index contributed by atoms with van der Waals surface area (Å²) in [7, 11) is 0. The molecule has 88 valence electrons. The van der Waals surface area contributed by atoms with Gasteiger partial charge < -0.3 is 10.3 Å². The van der Waals surface area contributed by atoms with Crippen molar-refractivity contribution in [1.29, 1.82) is 0 Å². The topological polar surface area (TPSA) is 56.2 Å². The van der Waals surface area contributed by atoms with Crippen molar-refractivity contribution >= 4 is 23.1 Å². The minimum Gasteiger partial charge on any atom is -0.386 e. The number of aliphatic imine (C=N–C) groups is 1. The van der Waals surface area contributed by atoms with E-state index in [1.165, 1.54) is 0 Å². The maximum absolute atomic E-state index is 5.60. The largest absolute Gasteiger partial charge is 0.386 e. The Kier molecular flexibility index (Phi) is 3.44. The van der Waals surface area contributed by atoms with Gasteiger partial charge in [-0.05, 0) is 25.1 Å². The van der Waals surface area contributed by atoms with Crippen LogP contribution >= 0.6 is 11.6 Å². The highest BCUT2D eigenvalue weighted by molar-refractivity contribution is 6.28. The Labute approximate surface area is 105 Å². The SMILES string of the molecule is Cc1nccn1-c1cccc(N=C(N)CCl)c1. The molecule has 2 rings (SSSR count). The number of hydrogen-bond acceptors (Lipinski definition) is 2. The van der Waals surface area contributed by atoms with Crippen LogP contribution in [0.5, 0.6) is 0 Å². The van der Waals surface area contributed by atoms with E-state index >= 15 is 0 Å². The average molecular weight is 249 g/mol. The van der Waals surface area contributed by atoms with Gasteiger partial charge >= 0.3 is 0 Å². The van der Waals surface area contributed by atoms with Crippen LogP contribution in [0, 0.1) is 6.92 Å². The molecular formula is C12H13ClN4. The summed E-state index contributed by atoms with van der Waals surface area (Å²) >= 11 is 5.60. The van der Waals surface area contributed by atoms with E-state index in [0.29, 0.717) is 5.84 Å². The Bertz CT molecular complexity index is 545. The summed E-state index contributed by atoms with van der Waals surface area (Å²) in [4.78, 5) is 8.39. The van der Waals surface area contributed by atoms with Crippen LogP contribution in [0.15, 0.2) is 41.7 Å². The van der Waals surface area contributed by atoms with Crippen LogP contribution in [0.3, 0.4) is 0 Å². The molecule has 0 radical (unpaired) electrons. The Hall–Kier alpha value is -1.81. The van der Waals surface area contributed by atoms with Crippen LogP contribution in [0.1, 0.15) is 5.82 Å². The number of rotatable bonds is 3. The molecule has 0 saturated carbocycles. The van der Waals surface area contributed by atoms with E-state index in [4.69, 9.17) is 17.3 Å². The molecule has 2 aromatic rings.